The molecule has 0 saturated heterocycles. The normalized spacial score (nSPS) is 15.0. The lowest BCUT2D eigenvalue weighted by Gasteiger charge is -2.22. The number of anilines is 1. The van der Waals surface area contributed by atoms with E-state index in [1.807, 2.05) is 0 Å². The van der Waals surface area contributed by atoms with E-state index in [9.17, 15) is 35.6 Å². The van der Waals surface area contributed by atoms with Crippen molar-refractivity contribution in [3.63, 3.8) is 0 Å². The van der Waals surface area contributed by atoms with E-state index in [1.54, 1.807) is 0 Å². The van der Waals surface area contributed by atoms with Gasteiger partial charge >= 0.3 is 15.6 Å². The van der Waals surface area contributed by atoms with Gasteiger partial charge in [-0.05, 0) is 12.8 Å². The van der Waals surface area contributed by atoms with Gasteiger partial charge in [-0.1, -0.05) is 0 Å². The van der Waals surface area contributed by atoms with Gasteiger partial charge in [-0.3, -0.25) is 9.59 Å². The summed E-state index contributed by atoms with van der Waals surface area (Å²) in [5.74, 6) is -3.80. The number of halogens is 4. The Morgan fingerprint density at radius 1 is 1.29 bits per heavy atom. The molecular weight excluding hydrogens is 358 g/mol. The number of rotatable bonds is 3. The number of hydrogen-bond acceptors (Lipinski definition) is 5. The van der Waals surface area contributed by atoms with Gasteiger partial charge in [0, 0.05) is 30.5 Å². The van der Waals surface area contributed by atoms with E-state index in [0.29, 0.717) is 6.07 Å². The molecule has 0 unspecified atom stereocenters. The van der Waals surface area contributed by atoms with Crippen LogP contribution in [0.15, 0.2) is 6.07 Å². The third-order valence-corrected chi connectivity index (χ3v) is 4.18. The Hall–Kier alpha value is -2.17. The average molecular weight is 369 g/mol. The lowest BCUT2D eigenvalue weighted by Crippen LogP contribution is -2.29. The SMILES string of the molecule is CC(=O)Nc1cc(F)c(OS(=O)(=O)C(F)(F)F)c2c1C(=O)CCC2. The zero-order chi connectivity index (χ0) is 18.3. The van der Waals surface area contributed by atoms with Crippen molar-refractivity contribution in [1.82, 2.24) is 0 Å². The molecule has 1 aliphatic carbocycles. The van der Waals surface area contributed by atoms with Crippen molar-refractivity contribution in [2.45, 2.75) is 31.7 Å². The third-order valence-electron chi connectivity index (χ3n) is 3.23. The second-order valence-electron chi connectivity index (χ2n) is 5.03. The first-order valence-electron chi connectivity index (χ1n) is 6.61. The topological polar surface area (TPSA) is 89.5 Å². The van der Waals surface area contributed by atoms with Crippen LogP contribution in [0.25, 0.3) is 0 Å². The number of ketones is 1. The highest BCUT2D eigenvalue weighted by atomic mass is 32.2. The standard InChI is InChI=1S/C13H11F4NO5S/c1-6(19)18-9-5-8(14)12(23-24(21,22)13(15,16)17)7-3-2-4-10(20)11(7)9/h5H,2-4H2,1H3,(H,18,19). The summed E-state index contributed by atoms with van der Waals surface area (Å²) < 4.78 is 77.7. The molecule has 1 amide bonds. The number of amides is 1. The lowest BCUT2D eigenvalue weighted by atomic mass is 9.88. The zero-order valence-corrected chi connectivity index (χ0v) is 13.0. The Labute approximate surface area is 133 Å². The Kier molecular flexibility index (Phi) is 4.57. The van der Waals surface area contributed by atoms with Gasteiger partial charge in [-0.15, -0.1) is 0 Å². The minimum Gasteiger partial charge on any atom is -0.373 e. The molecule has 1 N–H and O–H groups in total. The molecular formula is C13H11F4NO5S. The molecule has 0 aliphatic heterocycles. The summed E-state index contributed by atoms with van der Waals surface area (Å²) in [5, 5.41) is 2.20. The molecule has 11 heteroatoms. The quantitative estimate of drug-likeness (QED) is 0.502. The van der Waals surface area contributed by atoms with E-state index in [2.05, 4.69) is 9.50 Å². The number of carbonyl (C=O) groups is 2. The summed E-state index contributed by atoms with van der Waals surface area (Å²) in [6.07, 6.45) is 0.127. The van der Waals surface area contributed by atoms with Crippen LogP contribution in [0.1, 0.15) is 35.7 Å². The van der Waals surface area contributed by atoms with E-state index in [0.717, 1.165) is 6.92 Å². The van der Waals surface area contributed by atoms with Crippen LogP contribution in [-0.4, -0.2) is 25.6 Å². The fourth-order valence-corrected chi connectivity index (χ4v) is 2.82. The number of hydrogen-bond donors (Lipinski definition) is 1. The maximum atomic E-state index is 14.1. The first kappa shape index (κ1) is 18.2. The number of Topliss-reactive ketones (excluding diaryl/α,β-unsaturated/α-hetero) is 1. The molecule has 24 heavy (non-hydrogen) atoms. The van der Waals surface area contributed by atoms with Crippen molar-refractivity contribution in [2.75, 3.05) is 5.32 Å². The van der Waals surface area contributed by atoms with Crippen LogP contribution in [0.2, 0.25) is 0 Å². The number of benzene rings is 1. The highest BCUT2D eigenvalue weighted by Crippen LogP contribution is 2.39. The summed E-state index contributed by atoms with van der Waals surface area (Å²) in [4.78, 5) is 23.2. The molecule has 0 heterocycles. The summed E-state index contributed by atoms with van der Waals surface area (Å²) in [6, 6.07) is 0.560. The van der Waals surface area contributed by atoms with E-state index >= 15 is 0 Å². The predicted molar refractivity (Wildman–Crippen MR) is 73.6 cm³/mol. The van der Waals surface area contributed by atoms with E-state index in [1.165, 1.54) is 0 Å². The molecule has 0 fully saturated rings. The molecule has 1 aromatic carbocycles. The average Bonchev–Trinajstić information content (AvgIpc) is 2.41. The summed E-state index contributed by atoms with van der Waals surface area (Å²) in [5.41, 5.74) is -6.55. The molecule has 0 aromatic heterocycles. The molecule has 0 spiro atoms. The monoisotopic (exact) mass is 369 g/mol. The molecule has 132 valence electrons. The van der Waals surface area contributed by atoms with Crippen LogP contribution < -0.4 is 9.50 Å². The van der Waals surface area contributed by atoms with Gasteiger partial charge < -0.3 is 9.50 Å². The summed E-state index contributed by atoms with van der Waals surface area (Å²) in [6.45, 7) is 1.09. The van der Waals surface area contributed by atoms with Gasteiger partial charge in [0.05, 0.1) is 5.69 Å². The number of alkyl halides is 3. The van der Waals surface area contributed by atoms with Crippen molar-refractivity contribution < 1.29 is 39.8 Å². The van der Waals surface area contributed by atoms with E-state index < -0.39 is 38.9 Å². The molecule has 0 radical (unpaired) electrons. The van der Waals surface area contributed by atoms with Gasteiger partial charge in [-0.25, -0.2) is 4.39 Å². The first-order valence-corrected chi connectivity index (χ1v) is 8.02. The second kappa shape index (κ2) is 6.04. The largest absolute Gasteiger partial charge is 0.534 e. The highest BCUT2D eigenvalue weighted by molar-refractivity contribution is 7.88. The van der Waals surface area contributed by atoms with Gasteiger partial charge in [0.25, 0.3) is 0 Å². The third kappa shape index (κ3) is 3.35. The van der Waals surface area contributed by atoms with E-state index in [4.69, 9.17) is 0 Å². The zero-order valence-electron chi connectivity index (χ0n) is 12.2. The molecule has 1 aliphatic rings. The van der Waals surface area contributed by atoms with Crippen molar-refractivity contribution in [3.05, 3.63) is 23.0 Å². The van der Waals surface area contributed by atoms with Gasteiger partial charge in [0.2, 0.25) is 5.91 Å². The maximum Gasteiger partial charge on any atom is 0.534 e. The number of nitrogens with one attached hydrogen (secondary N) is 1. The first-order chi connectivity index (χ1) is 10.9. The van der Waals surface area contributed by atoms with Crippen LogP contribution >= 0.6 is 0 Å². The van der Waals surface area contributed by atoms with Gasteiger partial charge in [-0.2, -0.15) is 21.6 Å². The molecule has 0 bridgehead atoms. The van der Waals surface area contributed by atoms with Crippen molar-refractivity contribution in [1.29, 1.82) is 0 Å². The minimum absolute atomic E-state index is 0.0245. The molecule has 6 nitrogen and oxygen atoms in total. The lowest BCUT2D eigenvalue weighted by molar-refractivity contribution is -0.114. The van der Waals surface area contributed by atoms with Crippen molar-refractivity contribution in [3.8, 4) is 5.75 Å². The van der Waals surface area contributed by atoms with Crippen LogP contribution in [0.4, 0.5) is 23.2 Å². The van der Waals surface area contributed by atoms with Gasteiger partial charge in [0.1, 0.15) is 0 Å². The Morgan fingerprint density at radius 3 is 2.46 bits per heavy atom. The number of fused-ring (bicyclic) bond motifs is 1. The molecule has 1 aromatic rings. The second-order valence-corrected chi connectivity index (χ2v) is 6.57. The van der Waals surface area contributed by atoms with Crippen LogP contribution in [0.3, 0.4) is 0 Å². The van der Waals surface area contributed by atoms with Crippen molar-refractivity contribution >= 4 is 27.5 Å². The maximum absolute atomic E-state index is 14.1. The Balaban J connectivity index is 2.64. The predicted octanol–water partition coefficient (Wildman–Crippen LogP) is 2.53. The fourth-order valence-electron chi connectivity index (χ4n) is 2.33. The fraction of sp³-hybridized carbons (Fsp3) is 0.385. The van der Waals surface area contributed by atoms with Crippen molar-refractivity contribution in [2.24, 2.45) is 0 Å². The molecule has 2 rings (SSSR count). The number of carbonyl (C=O) groups excluding carboxylic acids is 2. The smallest absolute Gasteiger partial charge is 0.373 e. The minimum atomic E-state index is -6.10. The van der Waals surface area contributed by atoms with Crippen LogP contribution in [0, 0.1) is 5.82 Å². The molecule has 0 atom stereocenters. The van der Waals surface area contributed by atoms with Crippen LogP contribution in [-0.2, 0) is 21.3 Å². The summed E-state index contributed by atoms with van der Waals surface area (Å²) in [7, 11) is -6.10. The molecule has 0 saturated carbocycles. The van der Waals surface area contributed by atoms with Crippen LogP contribution in [0.5, 0.6) is 5.75 Å². The van der Waals surface area contributed by atoms with Gasteiger partial charge in [0.15, 0.2) is 17.3 Å². The summed E-state index contributed by atoms with van der Waals surface area (Å²) >= 11 is 0. The van der Waals surface area contributed by atoms with E-state index in [-0.39, 0.29) is 36.1 Å². The highest BCUT2D eigenvalue weighted by Gasteiger charge is 2.49. The Bertz CT molecular complexity index is 817. The Morgan fingerprint density at radius 2 is 1.92 bits per heavy atom.